The number of likely N-dealkylation sites (tertiary alicyclic amines) is 1. The van der Waals surface area contributed by atoms with E-state index in [1.807, 2.05) is 28.1 Å². The summed E-state index contributed by atoms with van der Waals surface area (Å²) in [7, 11) is 0. The molecule has 1 aromatic carbocycles. The highest BCUT2D eigenvalue weighted by molar-refractivity contribution is 6.30. The first-order valence-corrected chi connectivity index (χ1v) is 12.8. The zero-order valence-corrected chi connectivity index (χ0v) is 21.3. The molecular weight excluding hydrogens is 468 g/mol. The number of nitrogens with zero attached hydrogens (tertiary/aromatic N) is 4. The zero-order chi connectivity index (χ0) is 24.8. The van der Waals surface area contributed by atoms with Gasteiger partial charge in [0.05, 0.1) is 13.2 Å². The smallest absolute Gasteiger partial charge is 0.224 e. The summed E-state index contributed by atoms with van der Waals surface area (Å²) in [6.07, 6.45) is 5.00. The van der Waals surface area contributed by atoms with Crippen LogP contribution in [0.4, 0.5) is 0 Å². The Kier molecular flexibility index (Phi) is 8.68. The Labute approximate surface area is 212 Å². The van der Waals surface area contributed by atoms with Gasteiger partial charge in [0, 0.05) is 81.2 Å². The van der Waals surface area contributed by atoms with Gasteiger partial charge in [-0.05, 0) is 24.3 Å². The molecule has 2 amide bonds. The van der Waals surface area contributed by atoms with E-state index >= 15 is 0 Å². The van der Waals surface area contributed by atoms with Gasteiger partial charge in [-0.25, -0.2) is 4.98 Å². The Morgan fingerprint density at radius 1 is 1.11 bits per heavy atom. The second kappa shape index (κ2) is 11.9. The van der Waals surface area contributed by atoms with E-state index in [4.69, 9.17) is 21.1 Å². The summed E-state index contributed by atoms with van der Waals surface area (Å²) in [4.78, 5) is 34.4. The Morgan fingerprint density at radius 3 is 2.57 bits per heavy atom. The van der Waals surface area contributed by atoms with Crippen molar-refractivity contribution >= 4 is 23.4 Å². The molecule has 3 heterocycles. The van der Waals surface area contributed by atoms with Gasteiger partial charge >= 0.3 is 0 Å². The molecule has 0 spiro atoms. The molecule has 4 rings (SSSR count). The molecule has 1 aromatic heterocycles. The number of morpholine rings is 1. The predicted molar refractivity (Wildman–Crippen MR) is 134 cm³/mol. The van der Waals surface area contributed by atoms with Gasteiger partial charge in [0.15, 0.2) is 0 Å². The van der Waals surface area contributed by atoms with Crippen LogP contribution in [0.1, 0.15) is 44.9 Å². The summed E-state index contributed by atoms with van der Waals surface area (Å²) in [5.74, 6) is 2.13. The van der Waals surface area contributed by atoms with Crippen molar-refractivity contribution in [3.8, 4) is 5.75 Å². The summed E-state index contributed by atoms with van der Waals surface area (Å²) in [5, 5.41) is 0.648. The van der Waals surface area contributed by atoms with Gasteiger partial charge in [0.1, 0.15) is 17.7 Å². The number of carbonyl (C=O) groups is 2. The van der Waals surface area contributed by atoms with Gasteiger partial charge < -0.3 is 23.8 Å². The lowest BCUT2D eigenvalue weighted by Crippen LogP contribution is -2.50. The Bertz CT molecular complexity index is 987. The quantitative estimate of drug-likeness (QED) is 0.551. The average Bonchev–Trinajstić information content (AvgIpc) is 3.34. The van der Waals surface area contributed by atoms with Crippen molar-refractivity contribution in [2.75, 3.05) is 39.4 Å². The first kappa shape index (κ1) is 25.5. The van der Waals surface area contributed by atoms with E-state index in [0.717, 1.165) is 11.6 Å². The molecule has 8 nitrogen and oxygen atoms in total. The number of piperidine rings is 1. The third kappa shape index (κ3) is 6.76. The maximum atomic E-state index is 13.1. The summed E-state index contributed by atoms with van der Waals surface area (Å²) < 4.78 is 13.7. The van der Waals surface area contributed by atoms with Crippen molar-refractivity contribution in [3.05, 3.63) is 47.5 Å². The van der Waals surface area contributed by atoms with Gasteiger partial charge in [-0.2, -0.15) is 0 Å². The van der Waals surface area contributed by atoms with Crippen LogP contribution >= 0.6 is 11.6 Å². The van der Waals surface area contributed by atoms with Crippen LogP contribution in [-0.4, -0.2) is 76.7 Å². The second-order valence-electron chi connectivity index (χ2n) is 9.58. The van der Waals surface area contributed by atoms with Gasteiger partial charge in [-0.3, -0.25) is 9.59 Å². The summed E-state index contributed by atoms with van der Waals surface area (Å²) in [6, 6.07) is 7.28. The molecular formula is C26H35ClN4O4. The largest absolute Gasteiger partial charge is 0.490 e. The molecule has 0 bridgehead atoms. The maximum Gasteiger partial charge on any atom is 0.224 e. The number of halogens is 1. The van der Waals surface area contributed by atoms with Crippen molar-refractivity contribution in [3.63, 3.8) is 0 Å². The van der Waals surface area contributed by atoms with Crippen LogP contribution in [0.25, 0.3) is 0 Å². The van der Waals surface area contributed by atoms with Crippen LogP contribution in [0.2, 0.25) is 5.02 Å². The average molecular weight is 503 g/mol. The van der Waals surface area contributed by atoms with Crippen molar-refractivity contribution in [1.29, 1.82) is 0 Å². The fourth-order valence-corrected chi connectivity index (χ4v) is 4.95. The monoisotopic (exact) mass is 502 g/mol. The van der Waals surface area contributed by atoms with Crippen LogP contribution in [0.5, 0.6) is 5.75 Å². The van der Waals surface area contributed by atoms with E-state index in [2.05, 4.69) is 23.4 Å². The van der Waals surface area contributed by atoms with Gasteiger partial charge in [0.25, 0.3) is 0 Å². The van der Waals surface area contributed by atoms with Crippen LogP contribution in [-0.2, 0) is 20.9 Å². The minimum absolute atomic E-state index is 0.0850. The highest BCUT2D eigenvalue weighted by atomic mass is 35.5. The van der Waals surface area contributed by atoms with Gasteiger partial charge in [-0.1, -0.05) is 25.4 Å². The maximum absolute atomic E-state index is 13.1. The predicted octanol–water partition coefficient (Wildman–Crippen LogP) is 3.60. The molecule has 0 radical (unpaired) electrons. The number of amides is 2. The van der Waals surface area contributed by atoms with Gasteiger partial charge in [0.2, 0.25) is 11.8 Å². The number of ether oxygens (including phenoxy) is 2. The number of hydrogen-bond donors (Lipinski definition) is 0. The lowest BCUT2D eigenvalue weighted by atomic mass is 9.90. The molecule has 0 saturated carbocycles. The lowest BCUT2D eigenvalue weighted by molar-refractivity contribution is -0.141. The topological polar surface area (TPSA) is 76.9 Å². The van der Waals surface area contributed by atoms with E-state index in [0.29, 0.717) is 76.1 Å². The fourth-order valence-electron chi connectivity index (χ4n) is 4.83. The number of benzene rings is 1. The SMILES string of the molecule is CC(C)c1nccn1CCC(=O)N1CC[C@H](Oc2ccc(Cl)cc2)[C@@H](CC(=O)N2CCOCC2)C1. The van der Waals surface area contributed by atoms with E-state index in [9.17, 15) is 9.59 Å². The third-order valence-corrected chi connectivity index (χ3v) is 7.00. The highest BCUT2D eigenvalue weighted by Gasteiger charge is 2.35. The summed E-state index contributed by atoms with van der Waals surface area (Å²) >= 11 is 6.02. The molecule has 9 heteroatoms. The van der Waals surface area contributed by atoms with E-state index in [1.165, 1.54) is 0 Å². The molecule has 0 N–H and O–H groups in total. The zero-order valence-electron chi connectivity index (χ0n) is 20.6. The highest BCUT2D eigenvalue weighted by Crippen LogP contribution is 2.28. The second-order valence-corrected chi connectivity index (χ2v) is 10.0. The van der Waals surface area contributed by atoms with E-state index in [-0.39, 0.29) is 23.8 Å². The number of aromatic nitrogens is 2. The molecule has 2 aromatic rings. The minimum Gasteiger partial charge on any atom is -0.490 e. The number of aryl methyl sites for hydroxylation is 1. The molecule has 190 valence electrons. The van der Waals surface area contributed by atoms with Gasteiger partial charge in [-0.15, -0.1) is 0 Å². The Morgan fingerprint density at radius 2 is 1.86 bits per heavy atom. The normalized spacial score (nSPS) is 20.8. The molecule has 0 aliphatic carbocycles. The molecule has 2 aliphatic heterocycles. The number of rotatable bonds is 8. The fraction of sp³-hybridized carbons (Fsp3) is 0.577. The van der Waals surface area contributed by atoms with Crippen LogP contribution in [0.15, 0.2) is 36.7 Å². The Balaban J connectivity index is 1.40. The standard InChI is InChI=1S/C26H35ClN4O4/c1-19(2)26-28-9-12-30(26)11-8-24(32)31-10-7-23(35-22-5-3-21(27)4-6-22)20(18-31)17-25(33)29-13-15-34-16-14-29/h3-6,9,12,19-20,23H,7-8,10-11,13-18H2,1-2H3/t20-,23-/m0/s1. The van der Waals surface area contributed by atoms with Crippen molar-refractivity contribution < 1.29 is 19.1 Å². The van der Waals surface area contributed by atoms with Crippen LogP contribution in [0, 0.1) is 5.92 Å². The molecule has 2 fully saturated rings. The summed E-state index contributed by atoms with van der Waals surface area (Å²) in [6.45, 7) is 8.28. The number of carbonyl (C=O) groups excluding carboxylic acids is 2. The van der Waals surface area contributed by atoms with Crippen molar-refractivity contribution in [1.82, 2.24) is 19.4 Å². The Hall–Kier alpha value is -2.58. The van der Waals surface area contributed by atoms with Crippen LogP contribution in [0.3, 0.4) is 0 Å². The number of hydrogen-bond acceptors (Lipinski definition) is 5. The molecule has 2 atom stereocenters. The molecule has 35 heavy (non-hydrogen) atoms. The molecule has 2 aliphatic rings. The first-order chi connectivity index (χ1) is 16.9. The molecule has 0 unspecified atom stereocenters. The van der Waals surface area contributed by atoms with Crippen molar-refractivity contribution in [2.45, 2.75) is 51.7 Å². The van der Waals surface area contributed by atoms with Crippen molar-refractivity contribution in [2.24, 2.45) is 5.92 Å². The summed E-state index contributed by atoms with van der Waals surface area (Å²) in [5.41, 5.74) is 0. The van der Waals surface area contributed by atoms with Crippen LogP contribution < -0.4 is 4.74 Å². The van der Waals surface area contributed by atoms with E-state index < -0.39 is 0 Å². The first-order valence-electron chi connectivity index (χ1n) is 12.5. The number of imidazole rings is 1. The third-order valence-electron chi connectivity index (χ3n) is 6.75. The van der Waals surface area contributed by atoms with E-state index in [1.54, 1.807) is 18.3 Å². The minimum atomic E-state index is -0.147. The lowest BCUT2D eigenvalue weighted by Gasteiger charge is -2.39. The molecule has 2 saturated heterocycles.